The number of pyridine rings is 1. The number of aromatic nitrogens is 4. The Labute approximate surface area is 117 Å². The summed E-state index contributed by atoms with van der Waals surface area (Å²) < 4.78 is 0. The van der Waals surface area contributed by atoms with Gasteiger partial charge in [-0.3, -0.25) is 10.1 Å². The molecule has 0 aromatic carbocycles. The first-order valence-electron chi connectivity index (χ1n) is 7.22. The predicted molar refractivity (Wildman–Crippen MR) is 76.3 cm³/mol. The van der Waals surface area contributed by atoms with Crippen LogP contribution in [0, 0.1) is 5.92 Å². The summed E-state index contributed by atoms with van der Waals surface area (Å²) in [5.41, 5.74) is 1.02. The van der Waals surface area contributed by atoms with Gasteiger partial charge in [0.25, 0.3) is 0 Å². The van der Waals surface area contributed by atoms with E-state index in [0.717, 1.165) is 42.9 Å². The maximum atomic E-state index is 4.67. The topological polar surface area (TPSA) is 69.7 Å². The molecule has 0 aliphatic carbocycles. The van der Waals surface area contributed by atoms with Crippen molar-refractivity contribution >= 4 is 5.95 Å². The molecule has 2 aliphatic rings. The number of anilines is 1. The molecule has 0 saturated carbocycles. The zero-order chi connectivity index (χ0) is 13.4. The molecule has 0 spiro atoms. The second kappa shape index (κ2) is 4.86. The minimum atomic E-state index is 0.546. The summed E-state index contributed by atoms with van der Waals surface area (Å²) in [5, 5.41) is 11.0. The summed E-state index contributed by atoms with van der Waals surface area (Å²) in [7, 11) is 0. The highest BCUT2D eigenvalue weighted by atomic mass is 15.4. The van der Waals surface area contributed by atoms with Gasteiger partial charge in [0.1, 0.15) is 0 Å². The quantitative estimate of drug-likeness (QED) is 0.854. The van der Waals surface area contributed by atoms with Crippen LogP contribution in [-0.2, 0) is 0 Å². The fraction of sp³-hybridized carbons (Fsp3) is 0.500. The molecule has 2 unspecified atom stereocenters. The fourth-order valence-corrected chi connectivity index (χ4v) is 3.34. The second-order valence-corrected chi connectivity index (χ2v) is 5.54. The van der Waals surface area contributed by atoms with Crippen molar-refractivity contribution in [3.63, 3.8) is 0 Å². The number of hydrogen-bond acceptors (Lipinski definition) is 5. The largest absolute Gasteiger partial charge is 0.335 e. The highest BCUT2D eigenvalue weighted by Gasteiger charge is 2.36. The number of hydrogen-bond donors (Lipinski definition) is 2. The molecule has 0 bridgehead atoms. The van der Waals surface area contributed by atoms with E-state index in [2.05, 4.69) is 30.4 Å². The minimum absolute atomic E-state index is 0.546. The number of nitrogens with one attached hydrogen (secondary N) is 2. The van der Waals surface area contributed by atoms with Gasteiger partial charge < -0.3 is 10.2 Å². The first kappa shape index (κ1) is 11.8. The Morgan fingerprint density at radius 3 is 3.00 bits per heavy atom. The number of fused-ring (bicyclic) bond motifs is 1. The molecule has 104 valence electrons. The molecule has 2 N–H and O–H groups in total. The van der Waals surface area contributed by atoms with Crippen molar-refractivity contribution in [1.29, 1.82) is 0 Å². The smallest absolute Gasteiger partial charge is 0.245 e. The number of aromatic amines is 1. The first-order valence-corrected chi connectivity index (χ1v) is 7.22. The normalized spacial score (nSPS) is 25.7. The van der Waals surface area contributed by atoms with E-state index in [1.165, 1.54) is 12.8 Å². The van der Waals surface area contributed by atoms with Crippen LogP contribution in [0.25, 0.3) is 11.4 Å². The molecular weight excluding hydrogens is 252 g/mol. The van der Waals surface area contributed by atoms with Gasteiger partial charge >= 0.3 is 0 Å². The van der Waals surface area contributed by atoms with Crippen LogP contribution in [0.4, 0.5) is 5.95 Å². The summed E-state index contributed by atoms with van der Waals surface area (Å²) in [4.78, 5) is 11.1. The van der Waals surface area contributed by atoms with Gasteiger partial charge in [0.05, 0.1) is 0 Å². The summed E-state index contributed by atoms with van der Waals surface area (Å²) in [6.07, 6.45) is 6.09. The average molecular weight is 270 g/mol. The Morgan fingerprint density at radius 1 is 1.20 bits per heavy atom. The van der Waals surface area contributed by atoms with Crippen LogP contribution < -0.4 is 10.2 Å². The van der Waals surface area contributed by atoms with Gasteiger partial charge in [0.15, 0.2) is 5.82 Å². The third-order valence-electron chi connectivity index (χ3n) is 4.36. The maximum Gasteiger partial charge on any atom is 0.245 e. The highest BCUT2D eigenvalue weighted by Crippen LogP contribution is 2.29. The molecule has 2 saturated heterocycles. The lowest BCUT2D eigenvalue weighted by atomic mass is 9.92. The molecule has 6 heteroatoms. The van der Waals surface area contributed by atoms with E-state index in [1.54, 1.807) is 12.4 Å². The summed E-state index contributed by atoms with van der Waals surface area (Å²) in [5.74, 6) is 2.39. The van der Waals surface area contributed by atoms with E-state index >= 15 is 0 Å². The molecule has 2 aromatic rings. The van der Waals surface area contributed by atoms with Crippen LogP contribution in [0.5, 0.6) is 0 Å². The lowest BCUT2D eigenvalue weighted by Crippen LogP contribution is -2.45. The van der Waals surface area contributed by atoms with Gasteiger partial charge in [-0.05, 0) is 30.9 Å². The predicted octanol–water partition coefficient (Wildman–Crippen LogP) is 1.05. The standard InChI is InChI=1S/C14H18N6/c1-2-11-8-16-9-12(11)20(7-1)14-17-13(18-19-14)10-3-5-15-6-4-10/h3-6,11-12,16H,1-2,7-9H2,(H,17,18,19). The van der Waals surface area contributed by atoms with Gasteiger partial charge in [0, 0.05) is 43.6 Å². The van der Waals surface area contributed by atoms with E-state index in [0.29, 0.717) is 6.04 Å². The summed E-state index contributed by atoms with van der Waals surface area (Å²) in [6, 6.07) is 4.44. The third kappa shape index (κ3) is 1.96. The van der Waals surface area contributed by atoms with E-state index < -0.39 is 0 Å². The lowest BCUT2D eigenvalue weighted by Gasteiger charge is -2.36. The van der Waals surface area contributed by atoms with Crippen LogP contribution in [-0.4, -0.2) is 45.8 Å². The summed E-state index contributed by atoms with van der Waals surface area (Å²) in [6.45, 7) is 3.23. The third-order valence-corrected chi connectivity index (χ3v) is 4.36. The van der Waals surface area contributed by atoms with Gasteiger partial charge in [-0.25, -0.2) is 0 Å². The molecule has 20 heavy (non-hydrogen) atoms. The van der Waals surface area contributed by atoms with Crippen molar-refractivity contribution in [3.05, 3.63) is 24.5 Å². The zero-order valence-electron chi connectivity index (χ0n) is 11.3. The van der Waals surface area contributed by atoms with Gasteiger partial charge in [-0.2, -0.15) is 4.98 Å². The van der Waals surface area contributed by atoms with Crippen molar-refractivity contribution in [2.75, 3.05) is 24.5 Å². The fourth-order valence-electron chi connectivity index (χ4n) is 3.34. The van der Waals surface area contributed by atoms with Gasteiger partial charge in [0.2, 0.25) is 5.95 Å². The molecule has 2 aromatic heterocycles. The Bertz CT molecular complexity index is 580. The second-order valence-electron chi connectivity index (χ2n) is 5.54. The minimum Gasteiger partial charge on any atom is -0.335 e. The molecule has 6 nitrogen and oxygen atoms in total. The van der Waals surface area contributed by atoms with Crippen molar-refractivity contribution in [2.24, 2.45) is 5.92 Å². The Hall–Kier alpha value is -1.95. The molecule has 2 fully saturated rings. The van der Waals surface area contributed by atoms with Crippen molar-refractivity contribution in [3.8, 4) is 11.4 Å². The average Bonchev–Trinajstić information content (AvgIpc) is 3.17. The molecule has 2 atom stereocenters. The van der Waals surface area contributed by atoms with Crippen LogP contribution in [0.15, 0.2) is 24.5 Å². The SMILES string of the molecule is c1cc(-c2nc(N3CCCC4CNCC43)n[nH]2)ccn1. The molecule has 4 rings (SSSR count). The maximum absolute atomic E-state index is 4.67. The number of piperidine rings is 1. The Balaban J connectivity index is 1.61. The lowest BCUT2D eigenvalue weighted by molar-refractivity contribution is 0.381. The number of H-pyrrole nitrogens is 1. The molecule has 0 amide bonds. The molecule has 0 radical (unpaired) electrons. The van der Waals surface area contributed by atoms with Crippen LogP contribution in [0.1, 0.15) is 12.8 Å². The first-order chi connectivity index (χ1) is 9.92. The van der Waals surface area contributed by atoms with Crippen molar-refractivity contribution < 1.29 is 0 Å². The van der Waals surface area contributed by atoms with E-state index in [1.807, 2.05) is 12.1 Å². The van der Waals surface area contributed by atoms with E-state index in [-0.39, 0.29) is 0 Å². The Morgan fingerprint density at radius 2 is 2.10 bits per heavy atom. The zero-order valence-corrected chi connectivity index (χ0v) is 11.3. The van der Waals surface area contributed by atoms with Crippen LogP contribution >= 0.6 is 0 Å². The monoisotopic (exact) mass is 270 g/mol. The van der Waals surface area contributed by atoms with Gasteiger partial charge in [-0.1, -0.05) is 0 Å². The Kier molecular flexibility index (Phi) is 2.88. The summed E-state index contributed by atoms with van der Waals surface area (Å²) >= 11 is 0. The van der Waals surface area contributed by atoms with E-state index in [9.17, 15) is 0 Å². The van der Waals surface area contributed by atoms with E-state index in [4.69, 9.17) is 0 Å². The van der Waals surface area contributed by atoms with Crippen molar-refractivity contribution in [2.45, 2.75) is 18.9 Å². The number of rotatable bonds is 2. The molecule has 2 aliphatic heterocycles. The number of nitrogens with zero attached hydrogens (tertiary/aromatic N) is 4. The molecule has 4 heterocycles. The van der Waals surface area contributed by atoms with Crippen molar-refractivity contribution in [1.82, 2.24) is 25.5 Å². The van der Waals surface area contributed by atoms with Crippen LogP contribution in [0.2, 0.25) is 0 Å². The molecular formula is C14H18N6. The highest BCUT2D eigenvalue weighted by molar-refractivity contribution is 5.55. The van der Waals surface area contributed by atoms with Crippen LogP contribution in [0.3, 0.4) is 0 Å². The van der Waals surface area contributed by atoms with Gasteiger partial charge in [-0.15, -0.1) is 5.10 Å².